The van der Waals surface area contributed by atoms with Gasteiger partial charge in [-0.15, -0.1) is 0 Å². The predicted octanol–water partition coefficient (Wildman–Crippen LogP) is 3.25. The highest BCUT2D eigenvalue weighted by atomic mass is 16.7. The Balaban J connectivity index is 1.88. The van der Waals surface area contributed by atoms with Gasteiger partial charge < -0.3 is 14.6 Å². The number of likely N-dealkylation sites (tertiary alicyclic amines) is 1. The number of ether oxygens (including phenoxy) is 2. The number of nitrogens with zero attached hydrogens (tertiary/aromatic N) is 1. The lowest BCUT2D eigenvalue weighted by molar-refractivity contribution is -0.184. The van der Waals surface area contributed by atoms with Crippen molar-refractivity contribution in [1.82, 2.24) is 4.90 Å². The van der Waals surface area contributed by atoms with Crippen molar-refractivity contribution < 1.29 is 19.4 Å². The molecule has 2 aliphatic rings. The molecule has 0 aromatic carbocycles. The average Bonchev–Trinajstić information content (AvgIpc) is 2.82. The third-order valence-electron chi connectivity index (χ3n) is 4.00. The van der Waals surface area contributed by atoms with E-state index in [-0.39, 0.29) is 18.4 Å². The maximum atomic E-state index is 11.4. The smallest absolute Gasteiger partial charge is 0.407 e. The molecule has 0 aromatic rings. The molecule has 21 heavy (non-hydrogen) atoms. The van der Waals surface area contributed by atoms with Crippen molar-refractivity contribution in [2.45, 2.75) is 64.4 Å². The van der Waals surface area contributed by atoms with Crippen LogP contribution in [0.3, 0.4) is 0 Å². The summed E-state index contributed by atoms with van der Waals surface area (Å²) in [7, 11) is 0. The fraction of sp³-hybridized carbons (Fsp3) is 0.812. The van der Waals surface area contributed by atoms with Crippen molar-refractivity contribution >= 4 is 6.09 Å². The Kier molecular flexibility index (Phi) is 6.06. The van der Waals surface area contributed by atoms with Crippen LogP contribution < -0.4 is 0 Å². The van der Waals surface area contributed by atoms with Gasteiger partial charge in [-0.25, -0.2) is 4.79 Å². The third kappa shape index (κ3) is 5.00. The molecular weight excluding hydrogens is 270 g/mol. The molecule has 3 atom stereocenters. The number of hydrogen-bond donors (Lipinski definition) is 1. The fourth-order valence-electron chi connectivity index (χ4n) is 2.87. The lowest BCUT2D eigenvalue weighted by atomic mass is 10.1. The van der Waals surface area contributed by atoms with Gasteiger partial charge in [0.15, 0.2) is 6.29 Å². The largest absolute Gasteiger partial charge is 0.465 e. The normalized spacial score (nSPS) is 30.4. The van der Waals surface area contributed by atoms with Crippen LogP contribution in [-0.2, 0) is 9.47 Å². The Morgan fingerprint density at radius 3 is 2.90 bits per heavy atom. The summed E-state index contributed by atoms with van der Waals surface area (Å²) in [5, 5.41) is 9.32. The van der Waals surface area contributed by atoms with Gasteiger partial charge in [0, 0.05) is 6.61 Å². The standard InChI is InChI=1S/C16H27NO4/c1-12(2)6-5-7-13-10-14(11-17(13)16(18)19)21-15-8-3-4-9-20-15/h5,7,12-15H,3-4,6,8-11H2,1-2H3,(H,18,19)/t13-,14+,15?/m0/s1. The van der Waals surface area contributed by atoms with Crippen molar-refractivity contribution in [3.05, 3.63) is 12.2 Å². The number of amides is 1. The van der Waals surface area contributed by atoms with Gasteiger partial charge in [0.1, 0.15) is 0 Å². The molecule has 120 valence electrons. The first-order chi connectivity index (χ1) is 10.1. The van der Waals surface area contributed by atoms with Crippen LogP contribution in [0.2, 0.25) is 0 Å². The van der Waals surface area contributed by atoms with Gasteiger partial charge in [-0.1, -0.05) is 26.0 Å². The van der Waals surface area contributed by atoms with Crippen LogP contribution in [0, 0.1) is 5.92 Å². The van der Waals surface area contributed by atoms with Crippen LogP contribution >= 0.6 is 0 Å². The molecule has 0 spiro atoms. The highest BCUT2D eigenvalue weighted by molar-refractivity contribution is 5.66. The lowest BCUT2D eigenvalue weighted by Gasteiger charge is -2.25. The molecule has 5 nitrogen and oxygen atoms in total. The van der Waals surface area contributed by atoms with E-state index in [0.29, 0.717) is 12.5 Å². The summed E-state index contributed by atoms with van der Waals surface area (Å²) in [5.41, 5.74) is 0. The van der Waals surface area contributed by atoms with E-state index >= 15 is 0 Å². The van der Waals surface area contributed by atoms with E-state index in [1.807, 2.05) is 6.08 Å². The molecule has 0 aliphatic carbocycles. The van der Waals surface area contributed by atoms with Crippen LogP contribution in [0.4, 0.5) is 4.79 Å². The van der Waals surface area contributed by atoms with E-state index in [4.69, 9.17) is 9.47 Å². The van der Waals surface area contributed by atoms with Gasteiger partial charge in [0.05, 0.1) is 18.7 Å². The summed E-state index contributed by atoms with van der Waals surface area (Å²) in [6.07, 6.45) is 7.84. The van der Waals surface area contributed by atoms with Crippen molar-refractivity contribution in [1.29, 1.82) is 0 Å². The van der Waals surface area contributed by atoms with E-state index < -0.39 is 6.09 Å². The third-order valence-corrected chi connectivity index (χ3v) is 4.00. The topological polar surface area (TPSA) is 59.0 Å². The number of allylic oxidation sites excluding steroid dienone is 1. The molecule has 5 heteroatoms. The molecule has 2 saturated heterocycles. The van der Waals surface area contributed by atoms with Gasteiger partial charge in [-0.3, -0.25) is 4.90 Å². The summed E-state index contributed by atoms with van der Waals surface area (Å²) in [6, 6.07) is -0.0742. The SMILES string of the molecule is CC(C)CC=C[C@H]1C[C@@H](OC2CCCCO2)CN1C(=O)O. The number of hydrogen-bond acceptors (Lipinski definition) is 3. The molecule has 1 unspecified atom stereocenters. The van der Waals surface area contributed by atoms with E-state index in [2.05, 4.69) is 19.9 Å². The predicted molar refractivity (Wildman–Crippen MR) is 80.2 cm³/mol. The Morgan fingerprint density at radius 1 is 1.48 bits per heavy atom. The second-order valence-electron chi connectivity index (χ2n) is 6.35. The van der Waals surface area contributed by atoms with Gasteiger partial charge in [0.2, 0.25) is 0 Å². The minimum absolute atomic E-state index is 0.0575. The maximum Gasteiger partial charge on any atom is 0.407 e. The maximum absolute atomic E-state index is 11.4. The van der Waals surface area contributed by atoms with E-state index in [1.165, 1.54) is 4.90 Å². The quantitative estimate of drug-likeness (QED) is 0.791. The van der Waals surface area contributed by atoms with Crippen molar-refractivity contribution in [2.24, 2.45) is 5.92 Å². The Bertz CT molecular complexity index is 363. The van der Waals surface area contributed by atoms with Gasteiger partial charge in [0.25, 0.3) is 0 Å². The zero-order valence-electron chi connectivity index (χ0n) is 13.0. The summed E-state index contributed by atoms with van der Waals surface area (Å²) in [6.45, 7) is 5.49. The molecule has 1 N–H and O–H groups in total. The zero-order valence-corrected chi connectivity index (χ0v) is 13.0. The second kappa shape index (κ2) is 7.80. The second-order valence-corrected chi connectivity index (χ2v) is 6.35. The fourth-order valence-corrected chi connectivity index (χ4v) is 2.87. The molecule has 1 amide bonds. The van der Waals surface area contributed by atoms with Crippen molar-refractivity contribution in [3.8, 4) is 0 Å². The summed E-state index contributed by atoms with van der Waals surface area (Å²) in [5.74, 6) is 0.587. The Hall–Kier alpha value is -1.07. The monoisotopic (exact) mass is 297 g/mol. The molecular formula is C16H27NO4. The summed E-state index contributed by atoms with van der Waals surface area (Å²) < 4.78 is 11.5. The highest BCUT2D eigenvalue weighted by Gasteiger charge is 2.35. The Labute approximate surface area is 126 Å². The van der Waals surface area contributed by atoms with Crippen molar-refractivity contribution in [2.75, 3.05) is 13.2 Å². The number of rotatable bonds is 5. The zero-order chi connectivity index (χ0) is 15.2. The number of carbonyl (C=O) groups is 1. The Morgan fingerprint density at radius 2 is 2.29 bits per heavy atom. The van der Waals surface area contributed by atoms with Crippen LogP contribution in [0.25, 0.3) is 0 Å². The number of carboxylic acid groups (broad SMARTS) is 1. The minimum atomic E-state index is -0.871. The van der Waals surface area contributed by atoms with Gasteiger partial charge >= 0.3 is 6.09 Å². The molecule has 2 heterocycles. The lowest BCUT2D eigenvalue weighted by Crippen LogP contribution is -2.34. The molecule has 2 rings (SSSR count). The summed E-state index contributed by atoms with van der Waals surface area (Å²) >= 11 is 0. The summed E-state index contributed by atoms with van der Waals surface area (Å²) in [4.78, 5) is 12.8. The minimum Gasteiger partial charge on any atom is -0.465 e. The van der Waals surface area contributed by atoms with Gasteiger partial charge in [-0.05, 0) is 38.0 Å². The first-order valence-corrected chi connectivity index (χ1v) is 7.99. The van der Waals surface area contributed by atoms with E-state index in [0.717, 1.165) is 38.7 Å². The molecule has 0 aromatic heterocycles. The molecule has 0 saturated carbocycles. The molecule has 2 fully saturated rings. The molecule has 0 bridgehead atoms. The van der Waals surface area contributed by atoms with Crippen LogP contribution in [0.5, 0.6) is 0 Å². The van der Waals surface area contributed by atoms with Crippen LogP contribution in [0.1, 0.15) is 46.0 Å². The average molecular weight is 297 g/mol. The highest BCUT2D eigenvalue weighted by Crippen LogP contribution is 2.25. The molecule has 0 radical (unpaired) electrons. The first-order valence-electron chi connectivity index (χ1n) is 7.99. The van der Waals surface area contributed by atoms with Crippen LogP contribution in [-0.4, -0.2) is 47.7 Å². The first kappa shape index (κ1) is 16.3. The molecule has 2 aliphatic heterocycles. The van der Waals surface area contributed by atoms with Crippen molar-refractivity contribution in [3.63, 3.8) is 0 Å². The van der Waals surface area contributed by atoms with Gasteiger partial charge in [-0.2, -0.15) is 0 Å². The van der Waals surface area contributed by atoms with E-state index in [9.17, 15) is 9.90 Å². The van der Waals surface area contributed by atoms with E-state index in [1.54, 1.807) is 0 Å². The van der Waals surface area contributed by atoms with Crippen LogP contribution in [0.15, 0.2) is 12.2 Å².